The van der Waals surface area contributed by atoms with Crippen LogP contribution < -0.4 is 0 Å². The smallest absolute Gasteiger partial charge is 0.307 e. The van der Waals surface area contributed by atoms with E-state index in [9.17, 15) is 14.4 Å². The Morgan fingerprint density at radius 1 is 1.05 bits per heavy atom. The second-order valence-corrected chi connectivity index (χ2v) is 5.81. The van der Waals surface area contributed by atoms with Crippen LogP contribution in [0.5, 0.6) is 0 Å². The molecule has 3 rings (SSSR count). The van der Waals surface area contributed by atoms with Gasteiger partial charge in [-0.25, -0.2) is 0 Å². The maximum absolute atomic E-state index is 12.2. The highest BCUT2D eigenvalue weighted by atomic mass is 16.5. The lowest BCUT2D eigenvalue weighted by atomic mass is 9.98. The zero-order valence-electron chi connectivity index (χ0n) is 12.4. The van der Waals surface area contributed by atoms with Crippen molar-refractivity contribution in [1.29, 1.82) is 0 Å². The van der Waals surface area contributed by atoms with Crippen molar-refractivity contribution < 1.29 is 19.1 Å². The van der Waals surface area contributed by atoms with Crippen molar-refractivity contribution in [3.05, 3.63) is 35.4 Å². The summed E-state index contributed by atoms with van der Waals surface area (Å²) in [6.07, 6.45) is 5.28. The molecule has 0 bridgehead atoms. The number of rotatable bonds is 4. The molecule has 116 valence electrons. The van der Waals surface area contributed by atoms with Gasteiger partial charge in [-0.3, -0.25) is 19.3 Å². The van der Waals surface area contributed by atoms with Crippen LogP contribution in [-0.2, 0) is 9.53 Å². The second-order valence-electron chi connectivity index (χ2n) is 5.81. The summed E-state index contributed by atoms with van der Waals surface area (Å²) in [5, 5.41) is 0. The maximum atomic E-state index is 12.2. The minimum atomic E-state index is -0.330. The molecular weight excluding hydrogens is 282 g/mol. The number of amides is 2. The van der Waals surface area contributed by atoms with Crippen molar-refractivity contribution in [3.63, 3.8) is 0 Å². The quantitative estimate of drug-likeness (QED) is 0.633. The van der Waals surface area contributed by atoms with Gasteiger partial charge < -0.3 is 4.74 Å². The van der Waals surface area contributed by atoms with Crippen molar-refractivity contribution in [1.82, 2.24) is 4.90 Å². The largest absolute Gasteiger partial charge is 0.462 e. The van der Waals surface area contributed by atoms with E-state index in [-0.39, 0.29) is 36.9 Å². The topological polar surface area (TPSA) is 63.7 Å². The van der Waals surface area contributed by atoms with Crippen LogP contribution in [-0.4, -0.2) is 35.3 Å². The summed E-state index contributed by atoms with van der Waals surface area (Å²) in [6, 6.07) is 6.72. The summed E-state index contributed by atoms with van der Waals surface area (Å²) in [5.41, 5.74) is 0.821. The minimum Gasteiger partial charge on any atom is -0.462 e. The summed E-state index contributed by atoms with van der Waals surface area (Å²) in [6.45, 7) is 0.0813. The van der Waals surface area contributed by atoms with Crippen molar-refractivity contribution >= 4 is 17.8 Å². The molecule has 0 N–H and O–H groups in total. The number of hydrogen-bond acceptors (Lipinski definition) is 4. The van der Waals surface area contributed by atoms with Crippen LogP contribution >= 0.6 is 0 Å². The Morgan fingerprint density at radius 2 is 1.64 bits per heavy atom. The van der Waals surface area contributed by atoms with Gasteiger partial charge in [0.1, 0.15) is 6.10 Å². The molecule has 5 nitrogen and oxygen atoms in total. The molecule has 1 saturated carbocycles. The number of hydrogen-bond donors (Lipinski definition) is 0. The van der Waals surface area contributed by atoms with Crippen molar-refractivity contribution in [2.45, 2.75) is 44.6 Å². The van der Waals surface area contributed by atoms with Crippen molar-refractivity contribution in [2.75, 3.05) is 6.54 Å². The molecule has 1 aliphatic heterocycles. The van der Waals surface area contributed by atoms with E-state index in [1.807, 2.05) is 0 Å². The third kappa shape index (κ3) is 2.89. The van der Waals surface area contributed by atoms with Gasteiger partial charge in [-0.05, 0) is 37.8 Å². The standard InChI is InChI=1S/C17H19NO4/c19-15(22-12-6-2-1-3-7-12)10-11-18-16(20)13-8-4-5-9-14(13)17(18)21/h4-5,8-9,12H,1-3,6-7,10-11H2. The van der Waals surface area contributed by atoms with Crippen LogP contribution in [0.25, 0.3) is 0 Å². The zero-order valence-corrected chi connectivity index (χ0v) is 12.4. The molecule has 22 heavy (non-hydrogen) atoms. The molecule has 0 spiro atoms. The highest BCUT2D eigenvalue weighted by Gasteiger charge is 2.35. The van der Waals surface area contributed by atoms with Gasteiger partial charge in [-0.15, -0.1) is 0 Å². The van der Waals surface area contributed by atoms with Gasteiger partial charge in [-0.2, -0.15) is 0 Å². The Kier molecular flexibility index (Phi) is 4.22. The van der Waals surface area contributed by atoms with E-state index >= 15 is 0 Å². The molecule has 0 unspecified atom stereocenters. The highest BCUT2D eigenvalue weighted by molar-refractivity contribution is 6.21. The second kappa shape index (κ2) is 6.30. The fourth-order valence-corrected chi connectivity index (χ4v) is 3.07. The van der Waals surface area contributed by atoms with Crippen LogP contribution in [0, 0.1) is 0 Å². The summed E-state index contributed by atoms with van der Waals surface area (Å²) >= 11 is 0. The highest BCUT2D eigenvalue weighted by Crippen LogP contribution is 2.23. The molecule has 1 aromatic carbocycles. The number of carbonyl (C=O) groups is 3. The third-order valence-corrected chi connectivity index (χ3v) is 4.27. The average Bonchev–Trinajstić information content (AvgIpc) is 2.78. The predicted molar refractivity (Wildman–Crippen MR) is 79.4 cm³/mol. The van der Waals surface area contributed by atoms with E-state index in [1.165, 1.54) is 6.42 Å². The van der Waals surface area contributed by atoms with Gasteiger partial charge in [0.05, 0.1) is 17.5 Å². The van der Waals surface area contributed by atoms with Crippen LogP contribution in [0.2, 0.25) is 0 Å². The Hall–Kier alpha value is -2.17. The van der Waals surface area contributed by atoms with E-state index < -0.39 is 0 Å². The van der Waals surface area contributed by atoms with Gasteiger partial charge in [0.15, 0.2) is 0 Å². The first-order valence-electron chi connectivity index (χ1n) is 7.81. The third-order valence-electron chi connectivity index (χ3n) is 4.27. The number of fused-ring (bicyclic) bond motifs is 1. The van der Waals surface area contributed by atoms with Crippen LogP contribution in [0.3, 0.4) is 0 Å². The lowest BCUT2D eigenvalue weighted by Gasteiger charge is -2.22. The van der Waals surface area contributed by atoms with Crippen LogP contribution in [0.4, 0.5) is 0 Å². The fraction of sp³-hybridized carbons (Fsp3) is 0.471. The SMILES string of the molecule is O=C(CCN1C(=O)c2ccccc2C1=O)OC1CCCCC1. The van der Waals surface area contributed by atoms with Gasteiger partial charge in [-0.1, -0.05) is 18.6 Å². The Morgan fingerprint density at radius 3 is 2.23 bits per heavy atom. The van der Waals surface area contributed by atoms with E-state index in [0.717, 1.165) is 30.6 Å². The monoisotopic (exact) mass is 301 g/mol. The average molecular weight is 301 g/mol. The molecule has 0 radical (unpaired) electrons. The molecular formula is C17H19NO4. The number of imide groups is 1. The summed E-state index contributed by atoms with van der Waals surface area (Å²) in [5.74, 6) is -0.986. The lowest BCUT2D eigenvalue weighted by Crippen LogP contribution is -2.33. The number of carbonyl (C=O) groups excluding carboxylic acids is 3. The molecule has 0 aromatic heterocycles. The number of nitrogens with zero attached hydrogens (tertiary/aromatic N) is 1. The predicted octanol–water partition coefficient (Wildman–Crippen LogP) is 2.55. The first-order chi connectivity index (χ1) is 10.7. The van der Waals surface area contributed by atoms with E-state index in [0.29, 0.717) is 11.1 Å². The molecule has 1 heterocycles. The fourth-order valence-electron chi connectivity index (χ4n) is 3.07. The lowest BCUT2D eigenvalue weighted by molar-refractivity contribution is -0.150. The molecule has 5 heteroatoms. The number of ether oxygens (including phenoxy) is 1. The number of benzene rings is 1. The Bertz CT molecular complexity index is 569. The minimum absolute atomic E-state index is 0.00317. The molecule has 1 aromatic rings. The van der Waals surface area contributed by atoms with Crippen molar-refractivity contribution in [2.24, 2.45) is 0 Å². The molecule has 2 aliphatic rings. The van der Waals surface area contributed by atoms with Gasteiger partial charge >= 0.3 is 5.97 Å². The molecule has 2 amide bonds. The van der Waals surface area contributed by atoms with E-state index in [2.05, 4.69) is 0 Å². The number of esters is 1. The summed E-state index contributed by atoms with van der Waals surface area (Å²) < 4.78 is 5.41. The Balaban J connectivity index is 1.55. The van der Waals surface area contributed by atoms with E-state index in [4.69, 9.17) is 4.74 Å². The zero-order chi connectivity index (χ0) is 15.5. The van der Waals surface area contributed by atoms with Crippen molar-refractivity contribution in [3.8, 4) is 0 Å². The molecule has 0 saturated heterocycles. The normalized spacial score (nSPS) is 18.5. The van der Waals surface area contributed by atoms with Gasteiger partial charge in [0, 0.05) is 6.54 Å². The molecule has 1 fully saturated rings. The summed E-state index contributed by atoms with van der Waals surface area (Å²) in [4.78, 5) is 37.3. The maximum Gasteiger partial charge on any atom is 0.307 e. The first kappa shape index (κ1) is 14.8. The van der Waals surface area contributed by atoms with E-state index in [1.54, 1.807) is 24.3 Å². The van der Waals surface area contributed by atoms with Crippen LogP contribution in [0.1, 0.15) is 59.2 Å². The molecule has 0 atom stereocenters. The first-order valence-corrected chi connectivity index (χ1v) is 7.81. The van der Waals surface area contributed by atoms with Gasteiger partial charge in [0.25, 0.3) is 11.8 Å². The molecule has 1 aliphatic carbocycles. The van der Waals surface area contributed by atoms with Gasteiger partial charge in [0.2, 0.25) is 0 Å². The summed E-state index contributed by atoms with van der Waals surface area (Å²) in [7, 11) is 0. The Labute approximate surface area is 129 Å². The van der Waals surface area contributed by atoms with Crippen LogP contribution in [0.15, 0.2) is 24.3 Å².